The van der Waals surface area contributed by atoms with E-state index >= 15 is 0 Å². The Morgan fingerprint density at radius 3 is 2.86 bits per heavy atom. The number of fused-ring (bicyclic) bond motifs is 3. The molecule has 1 saturated heterocycles. The van der Waals surface area contributed by atoms with Crippen molar-refractivity contribution in [3.05, 3.63) is 45.1 Å². The first kappa shape index (κ1) is 20.7. The number of aromatic nitrogens is 2. The molecule has 3 aromatic rings. The molecular formula is C20H23ClN4O2S2. The highest BCUT2D eigenvalue weighted by Crippen LogP contribution is 2.44. The highest BCUT2D eigenvalue weighted by Gasteiger charge is 2.41. The molecule has 0 radical (unpaired) electrons. The Morgan fingerprint density at radius 1 is 1.24 bits per heavy atom. The van der Waals surface area contributed by atoms with Gasteiger partial charge in [-0.3, -0.25) is 4.79 Å². The number of amides is 1. The molecule has 1 aromatic carbocycles. The van der Waals surface area contributed by atoms with Crippen molar-refractivity contribution in [1.82, 2.24) is 19.0 Å². The average Bonchev–Trinajstić information content (AvgIpc) is 3.35. The SMILES string of the molecule is CN(Cc1ccc2nsnc2c1)C(=O)c1cc2c(s1)C1(CCNCC1)OCC2.Cl. The fourth-order valence-corrected chi connectivity index (χ4v) is 6.11. The molecule has 154 valence electrons. The maximum Gasteiger partial charge on any atom is 0.263 e. The van der Waals surface area contributed by atoms with Crippen molar-refractivity contribution in [3.8, 4) is 0 Å². The molecule has 0 unspecified atom stereocenters. The number of rotatable bonds is 3. The van der Waals surface area contributed by atoms with E-state index < -0.39 is 0 Å². The van der Waals surface area contributed by atoms with Crippen LogP contribution in [0.5, 0.6) is 0 Å². The minimum absolute atomic E-state index is 0. The van der Waals surface area contributed by atoms with Crippen LogP contribution in [0.1, 0.15) is 38.5 Å². The number of hydrogen-bond acceptors (Lipinski definition) is 7. The second-order valence-corrected chi connectivity index (χ2v) is 9.14. The Kier molecular flexibility index (Phi) is 5.90. The summed E-state index contributed by atoms with van der Waals surface area (Å²) in [6, 6.07) is 8.10. The van der Waals surface area contributed by atoms with Gasteiger partial charge in [0, 0.05) is 18.5 Å². The van der Waals surface area contributed by atoms with Gasteiger partial charge in [0.1, 0.15) is 16.6 Å². The summed E-state index contributed by atoms with van der Waals surface area (Å²) in [5, 5.41) is 3.41. The van der Waals surface area contributed by atoms with E-state index in [1.807, 2.05) is 25.2 Å². The largest absolute Gasteiger partial charge is 0.369 e. The highest BCUT2D eigenvalue weighted by atomic mass is 35.5. The molecule has 0 aliphatic carbocycles. The summed E-state index contributed by atoms with van der Waals surface area (Å²) in [4.78, 5) is 17.0. The van der Waals surface area contributed by atoms with Crippen molar-refractivity contribution in [2.75, 3.05) is 26.7 Å². The zero-order valence-corrected chi connectivity index (χ0v) is 18.6. The van der Waals surface area contributed by atoms with Gasteiger partial charge in [0.25, 0.3) is 5.91 Å². The molecule has 0 atom stereocenters. The number of benzene rings is 1. The first-order valence-corrected chi connectivity index (χ1v) is 11.1. The van der Waals surface area contributed by atoms with Crippen LogP contribution < -0.4 is 5.32 Å². The quantitative estimate of drug-likeness (QED) is 0.660. The van der Waals surface area contributed by atoms with Crippen molar-refractivity contribution in [1.29, 1.82) is 0 Å². The smallest absolute Gasteiger partial charge is 0.263 e. The van der Waals surface area contributed by atoms with Crippen LogP contribution in [-0.4, -0.2) is 46.3 Å². The third-order valence-corrected chi connectivity index (χ3v) is 7.59. The van der Waals surface area contributed by atoms with Crippen LogP contribution in [0.2, 0.25) is 0 Å². The third kappa shape index (κ3) is 3.80. The Morgan fingerprint density at radius 2 is 2.03 bits per heavy atom. The number of carbonyl (C=O) groups excluding carboxylic acids is 1. The molecule has 1 amide bonds. The summed E-state index contributed by atoms with van der Waals surface area (Å²) >= 11 is 2.84. The molecule has 1 N–H and O–H groups in total. The maximum absolute atomic E-state index is 13.1. The first-order valence-electron chi connectivity index (χ1n) is 9.59. The van der Waals surface area contributed by atoms with E-state index in [0.717, 1.165) is 60.4 Å². The zero-order chi connectivity index (χ0) is 19.1. The van der Waals surface area contributed by atoms with Gasteiger partial charge in [-0.05, 0) is 61.7 Å². The third-order valence-electron chi connectivity index (χ3n) is 5.68. The summed E-state index contributed by atoms with van der Waals surface area (Å²) in [5.41, 5.74) is 3.96. The van der Waals surface area contributed by atoms with E-state index in [-0.39, 0.29) is 23.9 Å². The molecule has 1 spiro atoms. The summed E-state index contributed by atoms with van der Waals surface area (Å²) < 4.78 is 14.8. The van der Waals surface area contributed by atoms with Crippen molar-refractivity contribution in [2.45, 2.75) is 31.4 Å². The molecular weight excluding hydrogens is 428 g/mol. The second kappa shape index (κ2) is 8.28. The van der Waals surface area contributed by atoms with Gasteiger partial charge in [-0.15, -0.1) is 23.7 Å². The molecule has 6 nitrogen and oxygen atoms in total. The molecule has 2 aliphatic rings. The summed E-state index contributed by atoms with van der Waals surface area (Å²) in [6.07, 6.45) is 2.85. The molecule has 5 rings (SSSR count). The van der Waals surface area contributed by atoms with Crippen molar-refractivity contribution in [2.24, 2.45) is 0 Å². The predicted octanol–water partition coefficient (Wildman–Crippen LogP) is 3.60. The number of hydrogen-bond donors (Lipinski definition) is 1. The van der Waals surface area contributed by atoms with Crippen LogP contribution >= 0.6 is 35.5 Å². The normalized spacial score (nSPS) is 17.7. The van der Waals surface area contributed by atoms with Gasteiger partial charge in [0.15, 0.2) is 0 Å². The number of thiophene rings is 1. The molecule has 2 aromatic heterocycles. The summed E-state index contributed by atoms with van der Waals surface area (Å²) in [5.74, 6) is 0.0694. The van der Waals surface area contributed by atoms with Gasteiger partial charge in [0.05, 0.1) is 23.2 Å². The van der Waals surface area contributed by atoms with Gasteiger partial charge in [0.2, 0.25) is 0 Å². The monoisotopic (exact) mass is 450 g/mol. The molecule has 29 heavy (non-hydrogen) atoms. The van der Waals surface area contributed by atoms with E-state index in [2.05, 4.69) is 20.1 Å². The number of nitrogens with one attached hydrogen (secondary N) is 1. The Labute approximate surface area is 184 Å². The standard InChI is InChI=1S/C20H22N4O2S2.ClH/c1-24(12-13-2-3-15-16(10-13)23-28-22-15)19(25)17-11-14-4-9-26-20(18(14)27-17)5-7-21-8-6-20;/h2-3,10-11,21H,4-9,12H2,1H3;1H. The summed E-state index contributed by atoms with van der Waals surface area (Å²) in [6.45, 7) is 3.23. The Hall–Kier alpha value is -1.58. The van der Waals surface area contributed by atoms with Crippen LogP contribution in [0.4, 0.5) is 0 Å². The van der Waals surface area contributed by atoms with E-state index in [0.29, 0.717) is 6.54 Å². The fourth-order valence-electron chi connectivity index (χ4n) is 4.19. The average molecular weight is 451 g/mol. The molecule has 1 fully saturated rings. The van der Waals surface area contributed by atoms with Crippen LogP contribution in [-0.2, 0) is 23.3 Å². The van der Waals surface area contributed by atoms with Gasteiger partial charge >= 0.3 is 0 Å². The zero-order valence-electron chi connectivity index (χ0n) is 16.1. The highest BCUT2D eigenvalue weighted by molar-refractivity contribution is 7.14. The van der Waals surface area contributed by atoms with Gasteiger partial charge < -0.3 is 15.0 Å². The number of nitrogens with zero attached hydrogens (tertiary/aromatic N) is 3. The van der Waals surface area contributed by atoms with Gasteiger partial charge in [-0.1, -0.05) is 6.07 Å². The predicted molar refractivity (Wildman–Crippen MR) is 118 cm³/mol. The lowest BCUT2D eigenvalue weighted by molar-refractivity contribution is -0.0771. The van der Waals surface area contributed by atoms with Gasteiger partial charge in [-0.25, -0.2) is 0 Å². The van der Waals surface area contributed by atoms with E-state index in [1.165, 1.54) is 22.2 Å². The van der Waals surface area contributed by atoms with Crippen molar-refractivity contribution >= 4 is 52.4 Å². The van der Waals surface area contributed by atoms with Gasteiger partial charge in [-0.2, -0.15) is 8.75 Å². The Balaban J connectivity index is 0.00000205. The Bertz CT molecular complexity index is 1030. The lowest BCUT2D eigenvalue weighted by Gasteiger charge is -2.40. The second-order valence-electron chi connectivity index (χ2n) is 7.56. The van der Waals surface area contributed by atoms with Crippen LogP contribution in [0.3, 0.4) is 0 Å². The first-order chi connectivity index (χ1) is 13.6. The molecule has 0 saturated carbocycles. The number of ether oxygens (including phenoxy) is 1. The minimum atomic E-state index is -0.191. The number of halogens is 1. The topological polar surface area (TPSA) is 67.4 Å². The van der Waals surface area contributed by atoms with Crippen LogP contribution in [0.25, 0.3) is 11.0 Å². The van der Waals surface area contributed by atoms with Crippen molar-refractivity contribution < 1.29 is 9.53 Å². The molecule has 0 bridgehead atoms. The number of piperidine rings is 1. The van der Waals surface area contributed by atoms with Crippen molar-refractivity contribution in [3.63, 3.8) is 0 Å². The lowest BCUT2D eigenvalue weighted by Crippen LogP contribution is -2.43. The lowest BCUT2D eigenvalue weighted by atomic mass is 9.86. The fraction of sp³-hybridized carbons (Fsp3) is 0.450. The van der Waals surface area contributed by atoms with E-state index in [4.69, 9.17) is 4.74 Å². The van der Waals surface area contributed by atoms with Crippen LogP contribution in [0, 0.1) is 0 Å². The minimum Gasteiger partial charge on any atom is -0.369 e. The summed E-state index contributed by atoms with van der Waals surface area (Å²) in [7, 11) is 1.86. The number of carbonyl (C=O) groups is 1. The maximum atomic E-state index is 13.1. The molecule has 2 aliphatic heterocycles. The van der Waals surface area contributed by atoms with E-state index in [1.54, 1.807) is 16.2 Å². The molecule has 9 heteroatoms. The van der Waals surface area contributed by atoms with Crippen LogP contribution in [0.15, 0.2) is 24.3 Å². The van der Waals surface area contributed by atoms with E-state index in [9.17, 15) is 4.79 Å². The molecule has 4 heterocycles.